The Balaban J connectivity index is 1.52. The molecule has 0 aromatic heterocycles. The predicted molar refractivity (Wildman–Crippen MR) is 154 cm³/mol. The Morgan fingerprint density at radius 2 is 1.75 bits per heavy atom. The summed E-state index contributed by atoms with van der Waals surface area (Å²) in [7, 11) is -4.07. The van der Waals surface area contributed by atoms with Gasteiger partial charge in [-0.2, -0.15) is 13.2 Å². The van der Waals surface area contributed by atoms with E-state index in [1.165, 1.54) is 20.8 Å². The molecule has 2 aromatic rings. The van der Waals surface area contributed by atoms with Crippen molar-refractivity contribution >= 4 is 27.5 Å². The standard InChI is InChI=1S/C30H35ClF5NO6S/c1-28(2,3)43-27(38)37-24(30(34,35)36)11-15-44(39,40)14-10-23-20-17-42-26-22(33)9-8-21(32)25(26)29(20,12-13-41-23)16-18-4-6-19(31)7-5-18/h4-9,20,23-24H,10-17H2,1-3H3,(H,37,38)/t20-,23-,24?,29-/m0/s1. The Morgan fingerprint density at radius 3 is 2.39 bits per heavy atom. The van der Waals surface area contributed by atoms with E-state index < -0.39 is 80.7 Å². The molecule has 1 N–H and O–H groups in total. The van der Waals surface area contributed by atoms with Gasteiger partial charge in [0.2, 0.25) is 0 Å². The molecule has 2 heterocycles. The van der Waals surface area contributed by atoms with Crippen LogP contribution in [0.25, 0.3) is 0 Å². The largest absolute Gasteiger partial charge is 0.490 e. The Bertz CT molecular complexity index is 1450. The van der Waals surface area contributed by atoms with Crippen molar-refractivity contribution in [3.05, 3.63) is 64.2 Å². The summed E-state index contributed by atoms with van der Waals surface area (Å²) in [5, 5.41) is 2.21. The highest BCUT2D eigenvalue weighted by Crippen LogP contribution is 2.52. The SMILES string of the molecule is CC(C)(C)OC(=O)NC(CCS(=O)(=O)CC[C@@H]1OCC[C@@]2(Cc3ccc(Cl)cc3)c3c(F)ccc(F)c3OC[C@@H]12)C(F)(F)F. The predicted octanol–water partition coefficient (Wildman–Crippen LogP) is 6.55. The van der Waals surface area contributed by atoms with E-state index in [4.69, 9.17) is 25.8 Å². The molecule has 1 fully saturated rings. The van der Waals surface area contributed by atoms with Gasteiger partial charge in [-0.1, -0.05) is 23.7 Å². The quantitative estimate of drug-likeness (QED) is 0.305. The topological polar surface area (TPSA) is 90.9 Å². The zero-order valence-electron chi connectivity index (χ0n) is 24.5. The maximum absolute atomic E-state index is 15.5. The smallest absolute Gasteiger partial charge is 0.408 e. The van der Waals surface area contributed by atoms with Gasteiger partial charge in [0.1, 0.15) is 17.5 Å². The molecule has 0 radical (unpaired) electrons. The van der Waals surface area contributed by atoms with Crippen LogP contribution in [0.3, 0.4) is 0 Å². The van der Waals surface area contributed by atoms with Crippen molar-refractivity contribution < 1.29 is 49.4 Å². The third kappa shape index (κ3) is 8.14. The first-order valence-electron chi connectivity index (χ1n) is 14.1. The van der Waals surface area contributed by atoms with Gasteiger partial charge in [-0.15, -0.1) is 0 Å². The van der Waals surface area contributed by atoms with Gasteiger partial charge in [0.25, 0.3) is 0 Å². The molecule has 14 heteroatoms. The molecule has 1 saturated heterocycles. The van der Waals surface area contributed by atoms with E-state index in [0.29, 0.717) is 11.4 Å². The normalized spacial score (nSPS) is 22.8. The molecule has 7 nitrogen and oxygen atoms in total. The lowest BCUT2D eigenvalue weighted by Crippen LogP contribution is -2.55. The molecule has 4 rings (SSSR count). The van der Waals surface area contributed by atoms with Gasteiger partial charge in [0.05, 0.1) is 24.2 Å². The number of alkyl carbamates (subject to hydrolysis) is 1. The van der Waals surface area contributed by atoms with Crippen LogP contribution in [-0.2, 0) is 31.1 Å². The highest BCUT2D eigenvalue weighted by Gasteiger charge is 2.53. The van der Waals surface area contributed by atoms with Crippen LogP contribution in [0, 0.1) is 17.6 Å². The second-order valence-electron chi connectivity index (χ2n) is 12.2. The van der Waals surface area contributed by atoms with E-state index in [1.54, 1.807) is 29.6 Å². The lowest BCUT2D eigenvalue weighted by Gasteiger charge is -2.51. The molecule has 0 bridgehead atoms. The maximum Gasteiger partial charge on any atom is 0.408 e. The van der Waals surface area contributed by atoms with Gasteiger partial charge in [0.15, 0.2) is 21.4 Å². The second kappa shape index (κ2) is 13.0. The fourth-order valence-electron chi connectivity index (χ4n) is 5.96. The number of halogens is 6. The number of benzene rings is 2. The minimum absolute atomic E-state index is 0.0566. The highest BCUT2D eigenvalue weighted by molar-refractivity contribution is 7.91. The number of hydrogen-bond acceptors (Lipinski definition) is 6. The Kier molecular flexibility index (Phi) is 10.1. The number of nitrogens with one attached hydrogen (secondary N) is 1. The van der Waals surface area contributed by atoms with E-state index in [-0.39, 0.29) is 37.4 Å². The molecule has 2 aliphatic heterocycles. The lowest BCUT2D eigenvalue weighted by molar-refractivity contribution is -0.155. The third-order valence-corrected chi connectivity index (χ3v) is 9.92. The molecule has 0 saturated carbocycles. The third-order valence-electron chi connectivity index (χ3n) is 7.95. The van der Waals surface area contributed by atoms with Gasteiger partial charge in [-0.25, -0.2) is 22.0 Å². The van der Waals surface area contributed by atoms with Crippen molar-refractivity contribution in [1.29, 1.82) is 0 Å². The molecule has 1 amide bonds. The van der Waals surface area contributed by atoms with Crippen LogP contribution in [0.4, 0.5) is 26.7 Å². The van der Waals surface area contributed by atoms with Crippen molar-refractivity contribution in [2.24, 2.45) is 5.92 Å². The summed E-state index contributed by atoms with van der Waals surface area (Å²) in [6, 6.07) is 6.49. The summed E-state index contributed by atoms with van der Waals surface area (Å²) in [6.45, 7) is 4.48. The minimum Gasteiger partial charge on any atom is -0.490 e. The van der Waals surface area contributed by atoms with Crippen LogP contribution in [-0.4, -0.2) is 63.2 Å². The first kappa shape index (κ1) is 34.2. The molecule has 44 heavy (non-hydrogen) atoms. The van der Waals surface area contributed by atoms with E-state index >= 15 is 4.39 Å². The monoisotopic (exact) mass is 667 g/mol. The maximum atomic E-state index is 15.5. The zero-order valence-corrected chi connectivity index (χ0v) is 26.1. The zero-order chi connectivity index (χ0) is 32.5. The lowest BCUT2D eigenvalue weighted by atomic mass is 9.60. The Labute approximate surface area is 258 Å². The molecule has 2 aromatic carbocycles. The van der Waals surface area contributed by atoms with E-state index in [1.807, 2.05) is 0 Å². The van der Waals surface area contributed by atoms with E-state index in [9.17, 15) is 30.8 Å². The number of carbonyl (C=O) groups is 1. The Hall–Kier alpha value is -2.64. The summed E-state index contributed by atoms with van der Waals surface area (Å²) >= 11 is 6.05. The van der Waals surface area contributed by atoms with Crippen LogP contribution < -0.4 is 10.1 Å². The van der Waals surface area contributed by atoms with Gasteiger partial charge < -0.3 is 19.5 Å². The van der Waals surface area contributed by atoms with Crippen molar-refractivity contribution in [2.45, 2.75) is 75.8 Å². The van der Waals surface area contributed by atoms with Crippen molar-refractivity contribution in [1.82, 2.24) is 5.32 Å². The number of carbonyl (C=O) groups excluding carboxylic acids is 1. The van der Waals surface area contributed by atoms with Crippen LogP contribution in [0.1, 0.15) is 51.2 Å². The highest BCUT2D eigenvalue weighted by atomic mass is 35.5. The van der Waals surface area contributed by atoms with E-state index in [2.05, 4.69) is 0 Å². The molecule has 4 atom stereocenters. The number of sulfone groups is 1. The molecular weight excluding hydrogens is 633 g/mol. The number of alkyl halides is 3. The number of amides is 1. The second-order valence-corrected chi connectivity index (χ2v) is 15.0. The minimum atomic E-state index is -4.91. The molecule has 1 unspecified atom stereocenters. The number of ether oxygens (including phenoxy) is 3. The summed E-state index contributed by atoms with van der Waals surface area (Å²) in [5.74, 6) is -3.56. The molecule has 2 aliphatic rings. The summed E-state index contributed by atoms with van der Waals surface area (Å²) < 4.78 is 114. The average Bonchev–Trinajstić information content (AvgIpc) is 2.91. The average molecular weight is 668 g/mol. The fraction of sp³-hybridized carbons (Fsp3) is 0.567. The van der Waals surface area contributed by atoms with Gasteiger partial charge in [0, 0.05) is 28.5 Å². The molecule has 244 valence electrons. The van der Waals surface area contributed by atoms with Crippen LogP contribution in [0.5, 0.6) is 5.75 Å². The van der Waals surface area contributed by atoms with Crippen molar-refractivity contribution in [3.8, 4) is 5.75 Å². The number of hydrogen-bond donors (Lipinski definition) is 1. The molecule has 0 aliphatic carbocycles. The summed E-state index contributed by atoms with van der Waals surface area (Å²) in [5.41, 5.74) is -1.22. The number of rotatable bonds is 9. The van der Waals surface area contributed by atoms with Crippen LogP contribution >= 0.6 is 11.6 Å². The Morgan fingerprint density at radius 1 is 1.09 bits per heavy atom. The van der Waals surface area contributed by atoms with Crippen molar-refractivity contribution in [3.63, 3.8) is 0 Å². The van der Waals surface area contributed by atoms with Crippen LogP contribution in [0.2, 0.25) is 5.02 Å². The number of fused-ring (bicyclic) bond motifs is 3. The van der Waals surface area contributed by atoms with Gasteiger partial charge in [-0.3, -0.25) is 0 Å². The van der Waals surface area contributed by atoms with Gasteiger partial charge >= 0.3 is 12.3 Å². The fourth-order valence-corrected chi connectivity index (χ4v) is 7.48. The van der Waals surface area contributed by atoms with Crippen molar-refractivity contribution in [2.75, 3.05) is 24.7 Å². The van der Waals surface area contributed by atoms with Gasteiger partial charge in [-0.05, 0) is 76.3 Å². The summed E-state index contributed by atoms with van der Waals surface area (Å²) in [6.07, 6.45) is -7.47. The van der Waals surface area contributed by atoms with Crippen LogP contribution in [0.15, 0.2) is 36.4 Å². The first-order chi connectivity index (χ1) is 20.4. The van der Waals surface area contributed by atoms with E-state index in [0.717, 1.165) is 17.7 Å². The first-order valence-corrected chi connectivity index (χ1v) is 16.3. The summed E-state index contributed by atoms with van der Waals surface area (Å²) in [4.78, 5) is 11.9. The molecule has 0 spiro atoms. The molecular formula is C30H35ClF5NO6S.